The van der Waals surface area contributed by atoms with E-state index in [1.807, 2.05) is 0 Å². The lowest BCUT2D eigenvalue weighted by Gasteiger charge is -2.14. The van der Waals surface area contributed by atoms with Gasteiger partial charge in [-0.15, -0.1) is 0 Å². The zero-order chi connectivity index (χ0) is 23.2. The van der Waals surface area contributed by atoms with Gasteiger partial charge in [0.1, 0.15) is 0 Å². The predicted octanol–water partition coefficient (Wildman–Crippen LogP) is 6.68. The molecule has 0 amide bonds. The maximum atomic E-state index is 12.6. The van der Waals surface area contributed by atoms with Crippen LogP contribution in [0.25, 0.3) is 0 Å². The molecule has 0 aromatic heterocycles. The minimum atomic E-state index is -4.19. The van der Waals surface area contributed by atoms with Crippen molar-refractivity contribution in [3.8, 4) is 0 Å². The highest BCUT2D eigenvalue weighted by Gasteiger charge is 2.28. The van der Waals surface area contributed by atoms with Gasteiger partial charge in [-0.1, -0.05) is 107 Å². The Morgan fingerprint density at radius 1 is 0.812 bits per heavy atom. The van der Waals surface area contributed by atoms with Crippen LogP contribution in [0, 0.1) is 0 Å². The fourth-order valence-corrected chi connectivity index (χ4v) is 4.72. The standard InChI is InChI=1S/C26H36O5S/c1-2-3-4-5-6-7-8-9-10-12-15-22-18-20-24(21-19-22)32(29,30)31-25(26(27)28)23-16-13-11-14-17-23/h11,13-14,16-21,25H,2-10,12,15H2,1H3,(H,27,28). The lowest BCUT2D eigenvalue weighted by molar-refractivity contribution is -0.145. The minimum absolute atomic E-state index is 0.0356. The molecule has 1 unspecified atom stereocenters. The minimum Gasteiger partial charge on any atom is -0.479 e. The first kappa shape index (κ1) is 26.1. The summed E-state index contributed by atoms with van der Waals surface area (Å²) in [7, 11) is -4.19. The van der Waals surface area contributed by atoms with Gasteiger partial charge in [-0.2, -0.15) is 8.42 Å². The molecule has 2 aromatic rings. The second-order valence-corrected chi connectivity index (χ2v) is 9.83. The van der Waals surface area contributed by atoms with E-state index >= 15 is 0 Å². The molecule has 1 atom stereocenters. The van der Waals surface area contributed by atoms with Crippen LogP contribution in [0.2, 0.25) is 0 Å². The van der Waals surface area contributed by atoms with Crippen LogP contribution in [0.15, 0.2) is 59.5 Å². The Morgan fingerprint density at radius 3 is 1.88 bits per heavy atom. The molecule has 176 valence electrons. The summed E-state index contributed by atoms with van der Waals surface area (Å²) < 4.78 is 30.2. The van der Waals surface area contributed by atoms with E-state index in [1.54, 1.807) is 30.3 Å². The number of hydrogen-bond acceptors (Lipinski definition) is 4. The van der Waals surface area contributed by atoms with E-state index in [2.05, 4.69) is 6.92 Å². The molecule has 0 aliphatic rings. The van der Waals surface area contributed by atoms with Crippen LogP contribution in [0.5, 0.6) is 0 Å². The molecular weight excluding hydrogens is 424 g/mol. The Morgan fingerprint density at radius 2 is 1.34 bits per heavy atom. The fraction of sp³-hybridized carbons (Fsp3) is 0.500. The molecular formula is C26H36O5S. The molecule has 0 aliphatic carbocycles. The van der Waals surface area contributed by atoms with Crippen molar-refractivity contribution in [1.29, 1.82) is 0 Å². The fourth-order valence-electron chi connectivity index (χ4n) is 3.69. The Hall–Kier alpha value is -2.18. The van der Waals surface area contributed by atoms with Gasteiger partial charge in [0.25, 0.3) is 10.1 Å². The van der Waals surface area contributed by atoms with Crippen LogP contribution in [0.1, 0.15) is 88.4 Å². The van der Waals surface area contributed by atoms with Crippen molar-refractivity contribution in [3.63, 3.8) is 0 Å². The van der Waals surface area contributed by atoms with Crippen LogP contribution in [-0.2, 0) is 25.5 Å². The predicted molar refractivity (Wildman–Crippen MR) is 127 cm³/mol. The smallest absolute Gasteiger partial charge is 0.339 e. The van der Waals surface area contributed by atoms with Crippen molar-refractivity contribution in [1.82, 2.24) is 0 Å². The molecule has 0 radical (unpaired) electrons. The van der Waals surface area contributed by atoms with Gasteiger partial charge in [0.05, 0.1) is 4.90 Å². The van der Waals surface area contributed by atoms with E-state index in [0.717, 1.165) is 18.4 Å². The molecule has 32 heavy (non-hydrogen) atoms. The Bertz CT molecular complexity index is 892. The number of carbonyl (C=O) groups is 1. The van der Waals surface area contributed by atoms with Crippen LogP contribution in [0.3, 0.4) is 0 Å². The summed E-state index contributed by atoms with van der Waals surface area (Å²) in [6.07, 6.45) is 12.1. The Labute approximate surface area is 193 Å². The van der Waals surface area contributed by atoms with E-state index in [9.17, 15) is 18.3 Å². The van der Waals surface area contributed by atoms with Crippen LogP contribution in [-0.4, -0.2) is 19.5 Å². The molecule has 0 spiro atoms. The van der Waals surface area contributed by atoms with E-state index in [-0.39, 0.29) is 10.5 Å². The summed E-state index contributed by atoms with van der Waals surface area (Å²) in [5.41, 5.74) is 1.35. The average molecular weight is 461 g/mol. The van der Waals surface area contributed by atoms with Gasteiger partial charge < -0.3 is 5.11 Å². The summed E-state index contributed by atoms with van der Waals surface area (Å²) in [6, 6.07) is 14.6. The van der Waals surface area contributed by atoms with Crippen molar-refractivity contribution >= 4 is 16.1 Å². The van der Waals surface area contributed by atoms with Crippen molar-refractivity contribution in [3.05, 3.63) is 65.7 Å². The van der Waals surface area contributed by atoms with Gasteiger partial charge >= 0.3 is 5.97 Å². The number of benzene rings is 2. The van der Waals surface area contributed by atoms with Crippen LogP contribution < -0.4 is 0 Å². The Kier molecular flexibility index (Phi) is 11.5. The Balaban J connectivity index is 1.78. The van der Waals surface area contributed by atoms with Gasteiger partial charge in [0.15, 0.2) is 6.10 Å². The maximum Gasteiger partial charge on any atom is 0.339 e. The molecule has 2 aromatic carbocycles. The van der Waals surface area contributed by atoms with Gasteiger partial charge in [-0.25, -0.2) is 8.98 Å². The topological polar surface area (TPSA) is 80.7 Å². The number of carboxylic acid groups (broad SMARTS) is 1. The summed E-state index contributed by atoms with van der Waals surface area (Å²) >= 11 is 0. The van der Waals surface area contributed by atoms with Crippen molar-refractivity contribution in [2.45, 2.75) is 88.6 Å². The number of aliphatic carboxylic acids is 1. The monoisotopic (exact) mass is 460 g/mol. The average Bonchev–Trinajstić information content (AvgIpc) is 2.79. The number of rotatable bonds is 16. The van der Waals surface area contributed by atoms with Crippen molar-refractivity contribution in [2.24, 2.45) is 0 Å². The number of aryl methyl sites for hydroxylation is 1. The summed E-state index contributed by atoms with van der Waals surface area (Å²) in [5.74, 6) is -1.35. The van der Waals surface area contributed by atoms with E-state index in [1.165, 1.54) is 82.1 Å². The third-order valence-electron chi connectivity index (χ3n) is 5.58. The molecule has 6 heteroatoms. The third-order valence-corrected chi connectivity index (χ3v) is 6.88. The quantitative estimate of drug-likeness (QED) is 0.223. The van der Waals surface area contributed by atoms with Crippen LogP contribution in [0.4, 0.5) is 0 Å². The third kappa shape index (κ3) is 9.13. The summed E-state index contributed by atoms with van der Waals surface area (Å²) in [4.78, 5) is 11.5. The first-order valence-corrected chi connectivity index (χ1v) is 13.1. The number of carboxylic acids is 1. The van der Waals surface area contributed by atoms with E-state index in [4.69, 9.17) is 4.18 Å². The highest BCUT2D eigenvalue weighted by atomic mass is 32.2. The van der Waals surface area contributed by atoms with Gasteiger partial charge in [-0.05, 0) is 36.1 Å². The first-order valence-electron chi connectivity index (χ1n) is 11.7. The van der Waals surface area contributed by atoms with Crippen molar-refractivity contribution in [2.75, 3.05) is 0 Å². The molecule has 2 rings (SSSR count). The largest absolute Gasteiger partial charge is 0.479 e. The zero-order valence-corrected chi connectivity index (χ0v) is 19.9. The van der Waals surface area contributed by atoms with Gasteiger partial charge in [0.2, 0.25) is 0 Å². The van der Waals surface area contributed by atoms with Crippen LogP contribution >= 0.6 is 0 Å². The highest BCUT2D eigenvalue weighted by Crippen LogP contribution is 2.24. The second kappa shape index (κ2) is 14.1. The summed E-state index contributed by atoms with van der Waals surface area (Å²) in [6.45, 7) is 2.24. The first-order chi connectivity index (χ1) is 15.4. The number of unbranched alkanes of at least 4 members (excludes halogenated alkanes) is 9. The van der Waals surface area contributed by atoms with Gasteiger partial charge in [0, 0.05) is 0 Å². The molecule has 0 bridgehead atoms. The lowest BCUT2D eigenvalue weighted by Crippen LogP contribution is -2.19. The molecule has 1 N–H and O–H groups in total. The maximum absolute atomic E-state index is 12.6. The SMILES string of the molecule is CCCCCCCCCCCCc1ccc(S(=O)(=O)OC(C(=O)O)c2ccccc2)cc1. The summed E-state index contributed by atoms with van der Waals surface area (Å²) in [5, 5.41) is 9.41. The lowest BCUT2D eigenvalue weighted by atomic mass is 10.0. The molecule has 0 saturated carbocycles. The normalized spacial score (nSPS) is 12.5. The zero-order valence-electron chi connectivity index (χ0n) is 19.0. The molecule has 0 heterocycles. The molecule has 0 saturated heterocycles. The second-order valence-electron chi connectivity index (χ2n) is 8.26. The molecule has 0 fully saturated rings. The highest BCUT2D eigenvalue weighted by molar-refractivity contribution is 7.86. The number of hydrogen-bond donors (Lipinski definition) is 1. The van der Waals surface area contributed by atoms with Gasteiger partial charge in [-0.3, -0.25) is 0 Å². The van der Waals surface area contributed by atoms with E-state index in [0.29, 0.717) is 0 Å². The van der Waals surface area contributed by atoms with Crippen molar-refractivity contribution < 1.29 is 22.5 Å². The molecule has 5 nitrogen and oxygen atoms in total. The van der Waals surface area contributed by atoms with E-state index < -0.39 is 22.2 Å². The molecule has 0 aliphatic heterocycles.